The summed E-state index contributed by atoms with van der Waals surface area (Å²) in [5.41, 5.74) is 3.38. The minimum absolute atomic E-state index is 0.308. The molecule has 0 unspecified atom stereocenters. The van der Waals surface area contributed by atoms with Crippen LogP contribution in [0.15, 0.2) is 18.3 Å². The van der Waals surface area contributed by atoms with Crippen molar-refractivity contribution in [2.24, 2.45) is 0 Å². The van der Waals surface area contributed by atoms with Crippen LogP contribution in [0.25, 0.3) is 16.2 Å². The van der Waals surface area contributed by atoms with Crippen molar-refractivity contribution in [2.75, 3.05) is 14.2 Å². The number of aryl methyl sites for hydroxylation is 2. The minimum Gasteiger partial charge on any atom is -0.493 e. The molecule has 23 heavy (non-hydrogen) atoms. The second-order valence-electron chi connectivity index (χ2n) is 5.12. The van der Waals surface area contributed by atoms with Gasteiger partial charge in [0.25, 0.3) is 0 Å². The number of carbonyl (C=O) groups is 1. The van der Waals surface area contributed by atoms with Crippen LogP contribution in [0.2, 0.25) is 0 Å². The number of hydrogen-bond acceptors (Lipinski definition) is 5. The van der Waals surface area contributed by atoms with Gasteiger partial charge in [-0.1, -0.05) is 11.3 Å². The first kappa shape index (κ1) is 15.4. The molecule has 0 saturated heterocycles. The fourth-order valence-corrected chi connectivity index (χ4v) is 3.48. The molecular weight excluding hydrogens is 316 g/mol. The molecule has 3 rings (SSSR count). The van der Waals surface area contributed by atoms with E-state index in [0.29, 0.717) is 27.0 Å². The van der Waals surface area contributed by atoms with Gasteiger partial charge >= 0.3 is 5.97 Å². The van der Waals surface area contributed by atoms with E-state index in [1.807, 2.05) is 25.3 Å². The van der Waals surface area contributed by atoms with Gasteiger partial charge in [0, 0.05) is 17.5 Å². The summed E-state index contributed by atoms with van der Waals surface area (Å²) in [6.45, 7) is 3.75. The van der Waals surface area contributed by atoms with E-state index in [2.05, 4.69) is 4.98 Å². The van der Waals surface area contributed by atoms with Gasteiger partial charge in [0.15, 0.2) is 16.5 Å². The molecule has 0 aliphatic carbocycles. The molecule has 120 valence electrons. The van der Waals surface area contributed by atoms with Crippen LogP contribution in [0.4, 0.5) is 0 Å². The number of ether oxygens (including phenoxy) is 2. The summed E-state index contributed by atoms with van der Waals surface area (Å²) in [7, 11) is 3.19. The van der Waals surface area contributed by atoms with E-state index in [4.69, 9.17) is 9.47 Å². The van der Waals surface area contributed by atoms with Gasteiger partial charge in [-0.05, 0) is 31.5 Å². The standard InChI is InChI=1S/C16H16N2O4S/c1-8-5-12(21-3)13(22-4)6-10(8)11-7-18-9(2)14(15(19)20)23-16(18)17-11/h5-7H,1-4H3,(H,19,20). The van der Waals surface area contributed by atoms with Gasteiger partial charge in [-0.2, -0.15) is 0 Å². The van der Waals surface area contributed by atoms with Crippen molar-refractivity contribution in [1.82, 2.24) is 9.38 Å². The number of benzene rings is 1. The van der Waals surface area contributed by atoms with Gasteiger partial charge in [0.05, 0.1) is 19.9 Å². The van der Waals surface area contributed by atoms with Crippen molar-refractivity contribution < 1.29 is 19.4 Å². The predicted octanol–water partition coefficient (Wildman–Crippen LogP) is 3.40. The van der Waals surface area contributed by atoms with Gasteiger partial charge in [0.1, 0.15) is 4.88 Å². The molecule has 6 nitrogen and oxygen atoms in total. The third-order valence-electron chi connectivity index (χ3n) is 3.76. The molecule has 0 atom stereocenters. The fourth-order valence-electron chi connectivity index (χ4n) is 2.53. The topological polar surface area (TPSA) is 73.1 Å². The molecule has 0 saturated carbocycles. The molecule has 1 N–H and O–H groups in total. The molecule has 2 heterocycles. The molecule has 7 heteroatoms. The molecule has 3 aromatic rings. The van der Waals surface area contributed by atoms with Crippen molar-refractivity contribution in [2.45, 2.75) is 13.8 Å². The number of carboxylic acid groups (broad SMARTS) is 1. The number of aromatic carboxylic acids is 1. The fraction of sp³-hybridized carbons (Fsp3) is 0.250. The first-order valence-corrected chi connectivity index (χ1v) is 7.72. The molecule has 0 aliphatic heterocycles. The largest absolute Gasteiger partial charge is 0.493 e. The molecule has 0 bridgehead atoms. The Bertz CT molecular complexity index is 911. The number of nitrogens with zero attached hydrogens (tertiary/aromatic N) is 2. The van der Waals surface area contributed by atoms with Crippen molar-refractivity contribution in [1.29, 1.82) is 0 Å². The zero-order valence-corrected chi connectivity index (χ0v) is 14.0. The van der Waals surface area contributed by atoms with Crippen LogP contribution in [-0.2, 0) is 0 Å². The Morgan fingerprint density at radius 1 is 1.22 bits per heavy atom. The van der Waals surface area contributed by atoms with Crippen LogP contribution in [0.1, 0.15) is 20.9 Å². The highest BCUT2D eigenvalue weighted by Gasteiger charge is 2.18. The van der Waals surface area contributed by atoms with Crippen LogP contribution in [0.5, 0.6) is 11.5 Å². The van der Waals surface area contributed by atoms with Crippen molar-refractivity contribution >= 4 is 22.3 Å². The highest BCUT2D eigenvalue weighted by Crippen LogP contribution is 2.36. The van der Waals surface area contributed by atoms with Crippen LogP contribution >= 0.6 is 11.3 Å². The zero-order valence-electron chi connectivity index (χ0n) is 13.2. The summed E-state index contributed by atoms with van der Waals surface area (Å²) in [4.78, 5) is 16.7. The quantitative estimate of drug-likeness (QED) is 0.793. The summed E-state index contributed by atoms with van der Waals surface area (Å²) < 4.78 is 12.5. The lowest BCUT2D eigenvalue weighted by Crippen LogP contribution is -1.96. The number of thiazole rings is 1. The van der Waals surface area contributed by atoms with Gasteiger partial charge < -0.3 is 14.6 Å². The number of rotatable bonds is 4. The van der Waals surface area contributed by atoms with E-state index in [-0.39, 0.29) is 0 Å². The van der Waals surface area contributed by atoms with Crippen molar-refractivity contribution in [3.05, 3.63) is 34.5 Å². The molecule has 0 amide bonds. The smallest absolute Gasteiger partial charge is 0.347 e. The van der Waals surface area contributed by atoms with E-state index < -0.39 is 5.97 Å². The first-order chi connectivity index (χ1) is 11.0. The van der Waals surface area contributed by atoms with E-state index in [1.165, 1.54) is 11.3 Å². The Kier molecular flexibility index (Phi) is 3.73. The van der Waals surface area contributed by atoms with Gasteiger partial charge in [-0.15, -0.1) is 0 Å². The second kappa shape index (κ2) is 5.58. The number of hydrogen-bond donors (Lipinski definition) is 1. The summed E-state index contributed by atoms with van der Waals surface area (Å²) >= 11 is 1.17. The third kappa shape index (κ3) is 2.43. The van der Waals surface area contributed by atoms with E-state index in [9.17, 15) is 9.90 Å². The summed E-state index contributed by atoms with van der Waals surface area (Å²) in [6.07, 6.45) is 1.85. The number of carboxylic acids is 1. The molecule has 0 fully saturated rings. The highest BCUT2D eigenvalue weighted by atomic mass is 32.1. The average molecular weight is 332 g/mol. The average Bonchev–Trinajstić information content (AvgIpc) is 3.06. The highest BCUT2D eigenvalue weighted by molar-refractivity contribution is 7.19. The number of imidazole rings is 1. The Hall–Kier alpha value is -2.54. The molecule has 0 aliphatic rings. The molecule has 0 spiro atoms. The van der Waals surface area contributed by atoms with Gasteiger partial charge in [-0.25, -0.2) is 9.78 Å². The van der Waals surface area contributed by atoms with E-state index >= 15 is 0 Å². The lowest BCUT2D eigenvalue weighted by Gasteiger charge is -2.11. The lowest BCUT2D eigenvalue weighted by atomic mass is 10.1. The summed E-state index contributed by atoms with van der Waals surface area (Å²) in [5, 5.41) is 9.18. The van der Waals surface area contributed by atoms with Gasteiger partial charge in [0.2, 0.25) is 0 Å². The Morgan fingerprint density at radius 3 is 2.43 bits per heavy atom. The SMILES string of the molecule is COc1cc(C)c(-c2cn3c(C)c(C(=O)O)sc3n2)cc1OC. The minimum atomic E-state index is -0.929. The molecule has 2 aromatic heterocycles. The third-order valence-corrected chi connectivity index (χ3v) is 4.90. The van der Waals surface area contributed by atoms with Crippen molar-refractivity contribution in [3.8, 4) is 22.8 Å². The van der Waals surface area contributed by atoms with Crippen LogP contribution in [0, 0.1) is 13.8 Å². The summed E-state index contributed by atoms with van der Waals surface area (Å²) in [5.74, 6) is 0.369. The van der Waals surface area contributed by atoms with Gasteiger partial charge in [-0.3, -0.25) is 4.40 Å². The second-order valence-corrected chi connectivity index (χ2v) is 6.10. The maximum Gasteiger partial charge on any atom is 0.347 e. The van der Waals surface area contributed by atoms with Crippen LogP contribution in [-0.4, -0.2) is 34.7 Å². The Morgan fingerprint density at radius 2 is 1.87 bits per heavy atom. The normalized spacial score (nSPS) is 11.0. The number of methoxy groups -OCH3 is 2. The number of fused-ring (bicyclic) bond motifs is 1. The van der Waals surface area contributed by atoms with E-state index in [1.54, 1.807) is 25.5 Å². The van der Waals surface area contributed by atoms with E-state index in [0.717, 1.165) is 16.8 Å². The molecule has 0 radical (unpaired) electrons. The van der Waals surface area contributed by atoms with Crippen LogP contribution in [0.3, 0.4) is 0 Å². The monoisotopic (exact) mass is 332 g/mol. The first-order valence-electron chi connectivity index (χ1n) is 6.91. The van der Waals surface area contributed by atoms with Crippen LogP contribution < -0.4 is 9.47 Å². The zero-order chi connectivity index (χ0) is 16.7. The van der Waals surface area contributed by atoms with Crippen molar-refractivity contribution in [3.63, 3.8) is 0 Å². The predicted molar refractivity (Wildman–Crippen MR) is 88.0 cm³/mol. The Labute approximate surface area is 136 Å². The maximum atomic E-state index is 11.2. The summed E-state index contributed by atoms with van der Waals surface area (Å²) in [6, 6.07) is 3.78. The molecular formula is C16H16N2O4S. The maximum absolute atomic E-state index is 11.2. The molecule has 1 aromatic carbocycles. The number of aromatic nitrogens is 2. The lowest BCUT2D eigenvalue weighted by molar-refractivity contribution is 0.0701. The Balaban J connectivity index is 2.15.